The van der Waals surface area contributed by atoms with E-state index in [0.717, 1.165) is 21.5 Å². The van der Waals surface area contributed by atoms with E-state index in [1.807, 2.05) is 92.8 Å². The molecule has 2 aromatic heterocycles. The Balaban J connectivity index is 1.50. The third-order valence-electron chi connectivity index (χ3n) is 6.11. The van der Waals surface area contributed by atoms with E-state index >= 15 is 0 Å². The highest BCUT2D eigenvalue weighted by Crippen LogP contribution is 2.42. The van der Waals surface area contributed by atoms with Crippen molar-refractivity contribution in [3.05, 3.63) is 101 Å². The molecule has 2 aromatic carbocycles. The highest BCUT2D eigenvalue weighted by Gasteiger charge is 2.38. The Morgan fingerprint density at radius 2 is 1.74 bits per heavy atom. The molecule has 0 saturated carbocycles. The molecule has 4 aromatic rings. The van der Waals surface area contributed by atoms with Gasteiger partial charge in [-0.2, -0.15) is 0 Å². The van der Waals surface area contributed by atoms with Gasteiger partial charge in [-0.05, 0) is 78.3 Å². The van der Waals surface area contributed by atoms with Crippen molar-refractivity contribution in [1.82, 2.24) is 9.47 Å². The summed E-state index contributed by atoms with van der Waals surface area (Å²) in [5, 5.41) is 2.92. The minimum atomic E-state index is -0.456. The van der Waals surface area contributed by atoms with Crippen LogP contribution < -0.4 is 10.2 Å². The summed E-state index contributed by atoms with van der Waals surface area (Å²) in [4.78, 5) is 30.5. The van der Waals surface area contributed by atoms with Crippen LogP contribution in [0, 0.1) is 0 Å². The average Bonchev–Trinajstić information content (AvgIpc) is 3.55. The zero-order valence-electron chi connectivity index (χ0n) is 19.4. The fraction of sp³-hybridized carbons (Fsp3) is 0.185. The predicted octanol–water partition coefficient (Wildman–Crippen LogP) is 6.21. The molecule has 3 heterocycles. The van der Waals surface area contributed by atoms with Gasteiger partial charge in [0.05, 0.1) is 29.0 Å². The molecule has 5 rings (SSSR count). The lowest BCUT2D eigenvalue weighted by molar-refractivity contribution is -0.120. The Hall–Kier alpha value is -3.78. The van der Waals surface area contributed by atoms with Gasteiger partial charge in [0.1, 0.15) is 18.3 Å². The van der Waals surface area contributed by atoms with Gasteiger partial charge in [0.25, 0.3) is 0 Å². The zero-order valence-corrected chi connectivity index (χ0v) is 21.0. The molecule has 1 aliphatic rings. The number of nitrogens with one attached hydrogen (secondary N) is 1. The van der Waals surface area contributed by atoms with Crippen LogP contribution in [0.15, 0.2) is 94.1 Å². The largest absolute Gasteiger partial charge is 0.467 e. The normalized spacial score (nSPS) is 14.4. The highest BCUT2D eigenvalue weighted by molar-refractivity contribution is 9.10. The van der Waals surface area contributed by atoms with Gasteiger partial charge in [-0.15, -0.1) is 0 Å². The van der Waals surface area contributed by atoms with Crippen molar-refractivity contribution >= 4 is 39.2 Å². The number of para-hydroxylation sites is 3. The molecular formula is C27H25BrN4O3. The third kappa shape index (κ3) is 4.25. The standard InChI is InChI=1S/C27H25BrN4O3/c1-18(2)31(27(34)29-20-10-4-3-9-19(20)28)17-25(33)32-22-12-6-5-11-21(22)30-15-7-13-23(30)26(32)24-14-8-16-35-24/h3-16,18,26H,17H2,1-2H3,(H,29,34)/t26-/m0/s1. The van der Waals surface area contributed by atoms with Crippen molar-refractivity contribution in [3.63, 3.8) is 0 Å². The summed E-state index contributed by atoms with van der Waals surface area (Å²) in [6.07, 6.45) is 3.59. The molecular weight excluding hydrogens is 508 g/mol. The van der Waals surface area contributed by atoms with Crippen molar-refractivity contribution < 1.29 is 14.0 Å². The Morgan fingerprint density at radius 1 is 1.00 bits per heavy atom. The minimum Gasteiger partial charge on any atom is -0.467 e. The molecule has 8 heteroatoms. The van der Waals surface area contributed by atoms with Crippen molar-refractivity contribution in [3.8, 4) is 5.69 Å². The van der Waals surface area contributed by atoms with Crippen molar-refractivity contribution in [2.75, 3.05) is 16.8 Å². The second kappa shape index (κ2) is 9.46. The maximum absolute atomic E-state index is 14.0. The number of benzene rings is 2. The van der Waals surface area contributed by atoms with Gasteiger partial charge in [0, 0.05) is 16.7 Å². The molecule has 3 amide bonds. The number of aromatic nitrogens is 1. The molecule has 1 aliphatic heterocycles. The van der Waals surface area contributed by atoms with E-state index in [-0.39, 0.29) is 24.5 Å². The second-order valence-electron chi connectivity index (χ2n) is 8.61. The maximum Gasteiger partial charge on any atom is 0.322 e. The fourth-order valence-corrected chi connectivity index (χ4v) is 4.82. The number of amides is 3. The fourth-order valence-electron chi connectivity index (χ4n) is 4.44. The Bertz CT molecular complexity index is 1360. The molecule has 7 nitrogen and oxygen atoms in total. The Morgan fingerprint density at radius 3 is 2.46 bits per heavy atom. The number of fused-ring (bicyclic) bond motifs is 3. The molecule has 1 atom stereocenters. The first-order valence-electron chi connectivity index (χ1n) is 11.4. The van der Waals surface area contributed by atoms with E-state index in [0.29, 0.717) is 11.4 Å². The van der Waals surface area contributed by atoms with E-state index in [9.17, 15) is 9.59 Å². The lowest BCUT2D eigenvalue weighted by atomic mass is 10.0. The van der Waals surface area contributed by atoms with Gasteiger partial charge < -0.3 is 19.2 Å². The number of carbonyl (C=O) groups is 2. The number of rotatable bonds is 5. The minimum absolute atomic E-state index is 0.0970. The molecule has 0 saturated heterocycles. The summed E-state index contributed by atoms with van der Waals surface area (Å²) in [5.41, 5.74) is 3.22. The van der Waals surface area contributed by atoms with Crippen LogP contribution in [0.1, 0.15) is 31.3 Å². The van der Waals surface area contributed by atoms with Crippen molar-refractivity contribution in [1.29, 1.82) is 0 Å². The molecule has 0 bridgehead atoms. The molecule has 35 heavy (non-hydrogen) atoms. The van der Waals surface area contributed by atoms with Gasteiger partial charge in [0.2, 0.25) is 5.91 Å². The molecule has 178 valence electrons. The van der Waals surface area contributed by atoms with E-state index in [2.05, 4.69) is 25.8 Å². The quantitative estimate of drug-likeness (QED) is 0.332. The van der Waals surface area contributed by atoms with Gasteiger partial charge in [-0.3, -0.25) is 9.69 Å². The van der Waals surface area contributed by atoms with Crippen LogP contribution in [0.25, 0.3) is 5.69 Å². The summed E-state index contributed by atoms with van der Waals surface area (Å²) in [6.45, 7) is 3.69. The second-order valence-corrected chi connectivity index (χ2v) is 9.46. The average molecular weight is 533 g/mol. The van der Waals surface area contributed by atoms with Crippen molar-refractivity contribution in [2.45, 2.75) is 25.9 Å². The van der Waals surface area contributed by atoms with E-state index in [4.69, 9.17) is 4.42 Å². The van der Waals surface area contributed by atoms with Crippen LogP contribution in [-0.4, -0.2) is 34.0 Å². The zero-order chi connectivity index (χ0) is 24.5. The Kier molecular flexibility index (Phi) is 6.21. The number of hydrogen-bond acceptors (Lipinski definition) is 3. The number of anilines is 2. The van der Waals surface area contributed by atoms with E-state index < -0.39 is 6.04 Å². The third-order valence-corrected chi connectivity index (χ3v) is 6.80. The molecule has 0 aliphatic carbocycles. The first-order chi connectivity index (χ1) is 17.0. The monoisotopic (exact) mass is 532 g/mol. The van der Waals surface area contributed by atoms with Gasteiger partial charge in [-0.1, -0.05) is 24.3 Å². The summed E-state index contributed by atoms with van der Waals surface area (Å²) < 4.78 is 8.63. The number of hydrogen-bond donors (Lipinski definition) is 1. The summed E-state index contributed by atoms with van der Waals surface area (Å²) in [7, 11) is 0. The summed E-state index contributed by atoms with van der Waals surface area (Å²) in [6, 6.07) is 21.8. The molecule has 0 spiro atoms. The molecule has 0 unspecified atom stereocenters. The van der Waals surface area contributed by atoms with Crippen LogP contribution in [0.3, 0.4) is 0 Å². The van der Waals surface area contributed by atoms with Crippen LogP contribution >= 0.6 is 15.9 Å². The first-order valence-corrected chi connectivity index (χ1v) is 12.2. The Labute approximate surface area is 212 Å². The molecule has 1 N–H and O–H groups in total. The van der Waals surface area contributed by atoms with E-state index in [1.165, 1.54) is 4.90 Å². The molecule has 0 fully saturated rings. The van der Waals surface area contributed by atoms with Crippen LogP contribution in [-0.2, 0) is 4.79 Å². The first kappa shape index (κ1) is 23.0. The number of furan rings is 1. The number of urea groups is 1. The van der Waals surface area contributed by atoms with Crippen LogP contribution in [0.4, 0.5) is 16.2 Å². The summed E-state index contributed by atoms with van der Waals surface area (Å²) >= 11 is 3.46. The number of carbonyl (C=O) groups excluding carboxylic acids is 2. The predicted molar refractivity (Wildman–Crippen MR) is 139 cm³/mol. The summed E-state index contributed by atoms with van der Waals surface area (Å²) in [5.74, 6) is 0.448. The number of halogens is 1. The van der Waals surface area contributed by atoms with Gasteiger partial charge in [0.15, 0.2) is 0 Å². The maximum atomic E-state index is 14.0. The topological polar surface area (TPSA) is 70.7 Å². The highest BCUT2D eigenvalue weighted by atomic mass is 79.9. The molecule has 0 radical (unpaired) electrons. The van der Waals surface area contributed by atoms with Crippen molar-refractivity contribution in [2.24, 2.45) is 0 Å². The smallest absolute Gasteiger partial charge is 0.322 e. The van der Waals surface area contributed by atoms with E-state index in [1.54, 1.807) is 11.2 Å². The van der Waals surface area contributed by atoms with Crippen LogP contribution in [0.2, 0.25) is 0 Å². The lowest BCUT2D eigenvalue weighted by Gasteiger charge is -2.38. The van der Waals surface area contributed by atoms with Gasteiger partial charge in [-0.25, -0.2) is 4.79 Å². The van der Waals surface area contributed by atoms with Crippen LogP contribution in [0.5, 0.6) is 0 Å². The van der Waals surface area contributed by atoms with Gasteiger partial charge >= 0.3 is 6.03 Å². The lowest BCUT2D eigenvalue weighted by Crippen LogP contribution is -2.49. The number of nitrogens with zero attached hydrogens (tertiary/aromatic N) is 3. The SMILES string of the molecule is CC(C)N(CC(=O)N1c2ccccc2-n2cccc2[C@H]1c1ccco1)C(=O)Nc1ccccc1Br.